The summed E-state index contributed by atoms with van der Waals surface area (Å²) in [6.45, 7) is 4.16. The molecule has 3 aromatic carbocycles. The van der Waals surface area contributed by atoms with Crippen LogP contribution in [-0.4, -0.2) is 35.1 Å². The largest absolute Gasteiger partial charge is 0.507 e. The number of aromatic hydroxyl groups is 1. The summed E-state index contributed by atoms with van der Waals surface area (Å²) in [6, 6.07) is 10.0. The molecule has 192 valence electrons. The molecule has 0 aliphatic carbocycles. The minimum atomic E-state index is -1.29. The predicted octanol–water partition coefficient (Wildman–Crippen LogP) is 5.75. The van der Waals surface area contributed by atoms with Gasteiger partial charge in [0, 0.05) is 17.8 Å². The zero-order chi connectivity index (χ0) is 26.9. The number of rotatable bonds is 7. The zero-order valence-electron chi connectivity index (χ0n) is 19.8. The standard InChI is InChI=1S/C27H22ClF2NO6/c1-3-36-16-7-8-17(22(13-16)37-4-2)25(33)23-24(14-5-10-21(32)18(28)11-14)31(27(35)26(23)34)15-6-9-19(29)20(30)12-15/h5-13,24,32-33H,3-4H2,1-2H3/b25-23-. The maximum absolute atomic E-state index is 14.1. The molecule has 1 aliphatic rings. The molecule has 1 unspecified atom stereocenters. The highest BCUT2D eigenvalue weighted by atomic mass is 35.5. The van der Waals surface area contributed by atoms with Crippen molar-refractivity contribution in [3.8, 4) is 17.2 Å². The van der Waals surface area contributed by atoms with Gasteiger partial charge in [-0.15, -0.1) is 0 Å². The maximum Gasteiger partial charge on any atom is 0.300 e. The molecule has 0 aromatic heterocycles. The Bertz CT molecular complexity index is 1420. The molecule has 1 heterocycles. The van der Waals surface area contributed by atoms with E-state index in [9.17, 15) is 28.6 Å². The normalized spacial score (nSPS) is 16.8. The molecule has 0 spiro atoms. The molecule has 10 heteroatoms. The summed E-state index contributed by atoms with van der Waals surface area (Å²) >= 11 is 6.10. The first kappa shape index (κ1) is 26.0. The first-order valence-electron chi connectivity index (χ1n) is 11.3. The molecule has 4 rings (SSSR count). The number of ether oxygens (including phenoxy) is 2. The highest BCUT2D eigenvalue weighted by Gasteiger charge is 2.47. The van der Waals surface area contributed by atoms with Crippen molar-refractivity contribution < 1.29 is 38.1 Å². The summed E-state index contributed by atoms with van der Waals surface area (Å²) in [5, 5.41) is 21.2. The molecule has 7 nitrogen and oxygen atoms in total. The molecular formula is C27H22ClF2NO6. The van der Waals surface area contributed by atoms with Crippen LogP contribution in [0.5, 0.6) is 17.2 Å². The van der Waals surface area contributed by atoms with E-state index in [4.69, 9.17) is 21.1 Å². The van der Waals surface area contributed by atoms with Crippen LogP contribution in [0, 0.1) is 11.6 Å². The van der Waals surface area contributed by atoms with Gasteiger partial charge in [-0.25, -0.2) is 8.78 Å². The number of hydrogen-bond acceptors (Lipinski definition) is 6. The first-order valence-corrected chi connectivity index (χ1v) is 11.7. The quantitative estimate of drug-likeness (QED) is 0.230. The third kappa shape index (κ3) is 4.82. The SMILES string of the molecule is CCOc1ccc(/C(O)=C2/C(=O)C(=O)N(c3ccc(F)c(F)c3)C2c2ccc(O)c(Cl)c2)c(OCC)c1. The molecule has 3 aromatic rings. The number of aliphatic hydroxyl groups excluding tert-OH is 1. The van der Waals surface area contributed by atoms with Crippen molar-refractivity contribution in [2.45, 2.75) is 19.9 Å². The minimum absolute atomic E-state index is 0.0792. The Morgan fingerprint density at radius 2 is 1.70 bits per heavy atom. The number of halogens is 3. The molecule has 0 bridgehead atoms. The van der Waals surface area contributed by atoms with Crippen LogP contribution in [-0.2, 0) is 9.59 Å². The van der Waals surface area contributed by atoms with Crippen molar-refractivity contribution >= 4 is 34.7 Å². The van der Waals surface area contributed by atoms with Crippen molar-refractivity contribution in [2.24, 2.45) is 0 Å². The third-order valence-electron chi connectivity index (χ3n) is 5.73. The lowest BCUT2D eigenvalue weighted by Crippen LogP contribution is -2.29. The fourth-order valence-corrected chi connectivity index (χ4v) is 4.31. The summed E-state index contributed by atoms with van der Waals surface area (Å²) < 4.78 is 38.9. The average Bonchev–Trinajstić information content (AvgIpc) is 3.13. The van der Waals surface area contributed by atoms with Crippen LogP contribution in [0.2, 0.25) is 5.02 Å². The zero-order valence-corrected chi connectivity index (χ0v) is 20.6. The van der Waals surface area contributed by atoms with Crippen molar-refractivity contribution in [2.75, 3.05) is 18.1 Å². The molecule has 1 saturated heterocycles. The number of carbonyl (C=O) groups is 2. The van der Waals surface area contributed by atoms with E-state index < -0.39 is 35.1 Å². The predicted molar refractivity (Wildman–Crippen MR) is 133 cm³/mol. The summed E-state index contributed by atoms with van der Waals surface area (Å²) in [4.78, 5) is 27.5. The van der Waals surface area contributed by atoms with Crippen molar-refractivity contribution in [3.05, 3.63) is 88.0 Å². The van der Waals surface area contributed by atoms with Gasteiger partial charge in [-0.3, -0.25) is 14.5 Å². The molecule has 1 amide bonds. The number of anilines is 1. The summed E-state index contributed by atoms with van der Waals surface area (Å²) in [5.41, 5.74) is -0.104. The summed E-state index contributed by atoms with van der Waals surface area (Å²) in [7, 11) is 0. The smallest absolute Gasteiger partial charge is 0.300 e. The number of phenolic OH excluding ortho intramolecular Hbond substituents is 1. The van der Waals surface area contributed by atoms with E-state index in [1.54, 1.807) is 26.0 Å². The van der Waals surface area contributed by atoms with Crippen molar-refractivity contribution in [1.82, 2.24) is 0 Å². The second kappa shape index (κ2) is 10.5. The molecule has 1 atom stereocenters. The van der Waals surface area contributed by atoms with E-state index in [1.807, 2.05) is 0 Å². The molecule has 2 N–H and O–H groups in total. The number of carbonyl (C=O) groups excluding carboxylic acids is 2. The second-order valence-corrected chi connectivity index (χ2v) is 8.41. The minimum Gasteiger partial charge on any atom is -0.507 e. The van der Waals surface area contributed by atoms with E-state index in [2.05, 4.69) is 0 Å². The van der Waals surface area contributed by atoms with Crippen LogP contribution in [0.15, 0.2) is 60.2 Å². The van der Waals surface area contributed by atoms with Gasteiger partial charge in [0.1, 0.15) is 23.0 Å². The molecular weight excluding hydrogens is 508 g/mol. The Balaban J connectivity index is 1.97. The lowest BCUT2D eigenvalue weighted by molar-refractivity contribution is -0.132. The Hall–Kier alpha value is -4.11. The molecule has 1 fully saturated rings. The average molecular weight is 530 g/mol. The fourth-order valence-electron chi connectivity index (χ4n) is 4.12. The van der Waals surface area contributed by atoms with Crippen LogP contribution in [0.3, 0.4) is 0 Å². The summed E-state index contributed by atoms with van der Waals surface area (Å²) in [6.07, 6.45) is 0. The number of Topliss-reactive ketones (excluding diaryl/α,β-unsaturated/α-hetero) is 1. The molecule has 0 saturated carbocycles. The molecule has 0 radical (unpaired) electrons. The van der Waals surface area contributed by atoms with E-state index in [0.717, 1.165) is 23.1 Å². The Kier molecular flexibility index (Phi) is 7.35. The lowest BCUT2D eigenvalue weighted by atomic mass is 9.94. The fraction of sp³-hybridized carbons (Fsp3) is 0.185. The van der Waals surface area contributed by atoms with E-state index >= 15 is 0 Å². The topological polar surface area (TPSA) is 96.3 Å². The van der Waals surface area contributed by atoms with Gasteiger partial charge >= 0.3 is 0 Å². The Morgan fingerprint density at radius 1 is 0.973 bits per heavy atom. The van der Waals surface area contributed by atoms with Gasteiger partial charge < -0.3 is 19.7 Å². The monoisotopic (exact) mass is 529 g/mol. The van der Waals surface area contributed by atoms with Gasteiger partial charge in [0.05, 0.1) is 35.4 Å². The number of ketones is 1. The highest BCUT2D eigenvalue weighted by Crippen LogP contribution is 2.45. The van der Waals surface area contributed by atoms with Crippen molar-refractivity contribution in [1.29, 1.82) is 0 Å². The van der Waals surface area contributed by atoms with Gasteiger partial charge in [0.25, 0.3) is 11.7 Å². The number of benzene rings is 3. The number of aliphatic hydroxyl groups is 1. The lowest BCUT2D eigenvalue weighted by Gasteiger charge is -2.26. The summed E-state index contributed by atoms with van der Waals surface area (Å²) in [5.74, 6) is -4.64. The number of phenols is 1. The Morgan fingerprint density at radius 3 is 2.35 bits per heavy atom. The van der Waals surface area contributed by atoms with Crippen LogP contribution in [0.4, 0.5) is 14.5 Å². The van der Waals surface area contributed by atoms with E-state index in [1.165, 1.54) is 24.3 Å². The van der Waals surface area contributed by atoms with E-state index in [-0.39, 0.29) is 45.5 Å². The van der Waals surface area contributed by atoms with Crippen molar-refractivity contribution in [3.63, 3.8) is 0 Å². The number of hydrogen-bond donors (Lipinski definition) is 2. The second-order valence-electron chi connectivity index (χ2n) is 8.00. The van der Waals surface area contributed by atoms with Crippen LogP contribution >= 0.6 is 11.6 Å². The molecule has 37 heavy (non-hydrogen) atoms. The van der Waals surface area contributed by atoms with Gasteiger partial charge in [0.2, 0.25) is 0 Å². The number of nitrogens with zero attached hydrogens (tertiary/aromatic N) is 1. The highest BCUT2D eigenvalue weighted by molar-refractivity contribution is 6.51. The Labute approximate surface area is 216 Å². The van der Waals surface area contributed by atoms with Gasteiger partial charge in [-0.2, -0.15) is 0 Å². The van der Waals surface area contributed by atoms with Crippen LogP contribution < -0.4 is 14.4 Å². The van der Waals surface area contributed by atoms with Crippen LogP contribution in [0.1, 0.15) is 31.0 Å². The third-order valence-corrected chi connectivity index (χ3v) is 6.04. The van der Waals surface area contributed by atoms with E-state index in [0.29, 0.717) is 12.4 Å². The van der Waals surface area contributed by atoms with Gasteiger partial charge in [-0.05, 0) is 55.8 Å². The maximum atomic E-state index is 14.1. The first-order chi connectivity index (χ1) is 17.7. The van der Waals surface area contributed by atoms with Gasteiger partial charge in [0.15, 0.2) is 11.6 Å². The number of amides is 1. The molecule has 1 aliphatic heterocycles. The van der Waals surface area contributed by atoms with Crippen LogP contribution in [0.25, 0.3) is 5.76 Å². The van der Waals surface area contributed by atoms with Gasteiger partial charge in [-0.1, -0.05) is 17.7 Å².